The number of anilines is 1. The number of aryl methyl sites for hydroxylation is 1. The number of nitrogen functional groups attached to an aromatic ring is 1. The zero-order chi connectivity index (χ0) is 13.4. The Morgan fingerprint density at radius 2 is 2.26 bits per heavy atom. The lowest BCUT2D eigenvalue weighted by Gasteiger charge is -2.24. The fourth-order valence-electron chi connectivity index (χ4n) is 2.90. The normalized spacial score (nSPS) is 17.9. The van der Waals surface area contributed by atoms with Gasteiger partial charge in [0, 0.05) is 18.3 Å². The number of nitrogens with two attached hydrogens (primary N) is 1. The molecule has 2 nitrogen and oxygen atoms in total. The van der Waals surface area contributed by atoms with E-state index in [0.717, 1.165) is 18.7 Å². The Balaban J connectivity index is 1.77. The standard InChI is InChI=1S/C15H17BrN2S/c1-18(8-10-6-15(16)19-9-10)14-5-2-11-7-12(17)3-4-13(11)14/h3-4,6-7,9,14H,2,5,8,17H2,1H3. The van der Waals surface area contributed by atoms with Crippen LogP contribution in [0.3, 0.4) is 0 Å². The minimum Gasteiger partial charge on any atom is -0.399 e. The number of nitrogens with zero attached hydrogens (tertiary/aromatic N) is 1. The van der Waals surface area contributed by atoms with E-state index in [9.17, 15) is 0 Å². The van der Waals surface area contributed by atoms with Gasteiger partial charge in [0.25, 0.3) is 0 Å². The first kappa shape index (κ1) is 13.2. The van der Waals surface area contributed by atoms with Gasteiger partial charge in [-0.3, -0.25) is 4.90 Å². The van der Waals surface area contributed by atoms with Crippen LogP contribution in [0.1, 0.15) is 29.2 Å². The fraction of sp³-hybridized carbons (Fsp3) is 0.333. The summed E-state index contributed by atoms with van der Waals surface area (Å²) in [5.74, 6) is 0. The predicted molar refractivity (Wildman–Crippen MR) is 85.4 cm³/mol. The summed E-state index contributed by atoms with van der Waals surface area (Å²) < 4.78 is 1.20. The van der Waals surface area contributed by atoms with E-state index >= 15 is 0 Å². The molecule has 1 heterocycles. The number of hydrogen-bond acceptors (Lipinski definition) is 3. The summed E-state index contributed by atoms with van der Waals surface area (Å²) in [7, 11) is 2.21. The van der Waals surface area contributed by atoms with Crippen molar-refractivity contribution in [3.05, 3.63) is 50.1 Å². The SMILES string of the molecule is CN(Cc1csc(Br)c1)C1CCc2cc(N)ccc21. The van der Waals surface area contributed by atoms with E-state index in [1.54, 1.807) is 11.3 Å². The van der Waals surface area contributed by atoms with Gasteiger partial charge >= 0.3 is 0 Å². The lowest BCUT2D eigenvalue weighted by molar-refractivity contribution is 0.236. The Morgan fingerprint density at radius 1 is 1.42 bits per heavy atom. The highest BCUT2D eigenvalue weighted by molar-refractivity contribution is 9.11. The molecule has 0 bridgehead atoms. The maximum absolute atomic E-state index is 5.86. The molecule has 1 unspecified atom stereocenters. The summed E-state index contributed by atoms with van der Waals surface area (Å²) in [6.45, 7) is 0.997. The molecule has 0 fully saturated rings. The summed E-state index contributed by atoms with van der Waals surface area (Å²) in [5, 5.41) is 2.22. The first-order chi connectivity index (χ1) is 9.13. The number of rotatable bonds is 3. The quantitative estimate of drug-likeness (QED) is 0.850. The number of halogens is 1. The molecular formula is C15H17BrN2S. The highest BCUT2D eigenvalue weighted by atomic mass is 79.9. The van der Waals surface area contributed by atoms with Crippen molar-refractivity contribution in [3.8, 4) is 0 Å². The van der Waals surface area contributed by atoms with E-state index in [4.69, 9.17) is 5.73 Å². The lowest BCUT2D eigenvalue weighted by atomic mass is 10.1. The van der Waals surface area contributed by atoms with Crippen molar-refractivity contribution in [3.63, 3.8) is 0 Å². The first-order valence-corrected chi connectivity index (χ1v) is 8.12. The van der Waals surface area contributed by atoms with Crippen LogP contribution in [-0.4, -0.2) is 11.9 Å². The minimum absolute atomic E-state index is 0.522. The maximum atomic E-state index is 5.86. The molecule has 4 heteroatoms. The molecule has 1 aliphatic carbocycles. The van der Waals surface area contributed by atoms with Gasteiger partial charge in [0.15, 0.2) is 0 Å². The van der Waals surface area contributed by atoms with Crippen molar-refractivity contribution >= 4 is 33.0 Å². The molecule has 0 radical (unpaired) electrons. The van der Waals surface area contributed by atoms with Gasteiger partial charge in [-0.1, -0.05) is 6.07 Å². The fourth-order valence-corrected chi connectivity index (χ4v) is 4.10. The highest BCUT2D eigenvalue weighted by Gasteiger charge is 2.25. The van der Waals surface area contributed by atoms with Gasteiger partial charge in [0.2, 0.25) is 0 Å². The smallest absolute Gasteiger partial charge is 0.0701 e. The van der Waals surface area contributed by atoms with Crippen molar-refractivity contribution in [2.75, 3.05) is 12.8 Å². The van der Waals surface area contributed by atoms with E-state index in [1.165, 1.54) is 26.9 Å². The van der Waals surface area contributed by atoms with E-state index < -0.39 is 0 Å². The van der Waals surface area contributed by atoms with E-state index in [-0.39, 0.29) is 0 Å². The number of benzene rings is 1. The molecule has 0 spiro atoms. The molecule has 1 aromatic heterocycles. The molecule has 0 aliphatic heterocycles. The Kier molecular flexibility index (Phi) is 3.65. The zero-order valence-electron chi connectivity index (χ0n) is 10.9. The third-order valence-electron chi connectivity index (χ3n) is 3.80. The second-order valence-electron chi connectivity index (χ2n) is 5.19. The average Bonchev–Trinajstić information content (AvgIpc) is 2.95. The predicted octanol–water partition coefficient (Wildman–Crippen LogP) is 4.21. The van der Waals surface area contributed by atoms with Crippen molar-refractivity contribution in [2.24, 2.45) is 0 Å². The third kappa shape index (κ3) is 2.71. The molecule has 100 valence electrons. The molecule has 1 atom stereocenters. The molecule has 2 aromatic rings. The Hall–Kier alpha value is -0.840. The monoisotopic (exact) mass is 336 g/mol. The van der Waals surface area contributed by atoms with E-state index in [0.29, 0.717) is 6.04 Å². The summed E-state index contributed by atoms with van der Waals surface area (Å²) in [6, 6.07) is 9.08. The number of hydrogen-bond donors (Lipinski definition) is 1. The van der Waals surface area contributed by atoms with Gasteiger partial charge in [-0.05, 0) is 76.1 Å². The van der Waals surface area contributed by atoms with E-state index in [1.807, 2.05) is 6.07 Å². The van der Waals surface area contributed by atoms with Gasteiger partial charge in [0.1, 0.15) is 0 Å². The van der Waals surface area contributed by atoms with Crippen LogP contribution in [0.2, 0.25) is 0 Å². The summed E-state index contributed by atoms with van der Waals surface area (Å²) in [5.41, 5.74) is 11.0. The summed E-state index contributed by atoms with van der Waals surface area (Å²) in [6.07, 6.45) is 2.34. The van der Waals surface area contributed by atoms with Crippen LogP contribution >= 0.6 is 27.3 Å². The average molecular weight is 337 g/mol. The number of fused-ring (bicyclic) bond motifs is 1. The molecular weight excluding hydrogens is 320 g/mol. The molecule has 1 aliphatic rings. The summed E-state index contributed by atoms with van der Waals surface area (Å²) >= 11 is 5.28. The Morgan fingerprint density at radius 3 is 3.00 bits per heavy atom. The Labute approximate surface area is 126 Å². The highest BCUT2D eigenvalue weighted by Crippen LogP contribution is 2.37. The largest absolute Gasteiger partial charge is 0.399 e. The van der Waals surface area contributed by atoms with Crippen LogP contribution in [0, 0.1) is 0 Å². The molecule has 0 saturated heterocycles. The second-order valence-corrected chi connectivity index (χ2v) is 7.48. The van der Waals surface area contributed by atoms with Gasteiger partial charge in [-0.25, -0.2) is 0 Å². The van der Waals surface area contributed by atoms with Crippen LogP contribution in [0.25, 0.3) is 0 Å². The van der Waals surface area contributed by atoms with Crippen LogP contribution in [0.5, 0.6) is 0 Å². The van der Waals surface area contributed by atoms with E-state index in [2.05, 4.69) is 51.5 Å². The van der Waals surface area contributed by atoms with Gasteiger partial charge in [-0.2, -0.15) is 0 Å². The first-order valence-electron chi connectivity index (χ1n) is 6.45. The minimum atomic E-state index is 0.522. The topological polar surface area (TPSA) is 29.3 Å². The number of thiophene rings is 1. The molecule has 1 aromatic carbocycles. The molecule has 19 heavy (non-hydrogen) atoms. The van der Waals surface area contributed by atoms with Gasteiger partial charge in [0.05, 0.1) is 3.79 Å². The van der Waals surface area contributed by atoms with Crippen molar-refractivity contribution < 1.29 is 0 Å². The van der Waals surface area contributed by atoms with Crippen LogP contribution < -0.4 is 5.73 Å². The van der Waals surface area contributed by atoms with Crippen molar-refractivity contribution in [1.29, 1.82) is 0 Å². The zero-order valence-corrected chi connectivity index (χ0v) is 13.3. The van der Waals surface area contributed by atoms with Crippen LogP contribution in [0.4, 0.5) is 5.69 Å². The molecule has 0 amide bonds. The maximum Gasteiger partial charge on any atom is 0.0701 e. The van der Waals surface area contributed by atoms with Crippen LogP contribution in [0.15, 0.2) is 33.4 Å². The second kappa shape index (κ2) is 5.27. The lowest BCUT2D eigenvalue weighted by Crippen LogP contribution is -2.22. The van der Waals surface area contributed by atoms with Crippen molar-refractivity contribution in [2.45, 2.75) is 25.4 Å². The van der Waals surface area contributed by atoms with Gasteiger partial charge < -0.3 is 5.73 Å². The van der Waals surface area contributed by atoms with Crippen LogP contribution in [-0.2, 0) is 13.0 Å². The summed E-state index contributed by atoms with van der Waals surface area (Å²) in [4.78, 5) is 2.44. The van der Waals surface area contributed by atoms with Crippen molar-refractivity contribution in [1.82, 2.24) is 4.90 Å². The molecule has 0 saturated carbocycles. The van der Waals surface area contributed by atoms with Gasteiger partial charge in [-0.15, -0.1) is 11.3 Å². The molecule has 2 N–H and O–H groups in total. The third-order valence-corrected chi connectivity index (χ3v) is 5.35. The Bertz CT molecular complexity index is 594. The molecule has 3 rings (SSSR count).